The summed E-state index contributed by atoms with van der Waals surface area (Å²) in [6.45, 7) is 9.96. The van der Waals surface area contributed by atoms with E-state index in [0.29, 0.717) is 37.8 Å². The van der Waals surface area contributed by atoms with Crippen LogP contribution in [0.5, 0.6) is 0 Å². The summed E-state index contributed by atoms with van der Waals surface area (Å²) in [6, 6.07) is 26.1. The number of nitrogens with one attached hydrogen (secondary N) is 4. The SMILES string of the molecule is Cc1ncsc1-c1ccc(CNC(=O)[C@@H]2C[C@@H](O)CN2C(=O)[C@@H](NC(=O)CNC(=O)CN2CCN(c3ccc(Nc4nc5cccc(-c6ccc(S(C)(=O)=O)cc6)n5n4)cc3)CC2)C(C)(C)C)cc1. The van der Waals surface area contributed by atoms with Crippen LogP contribution in [0, 0.1) is 12.3 Å². The molecule has 0 bridgehead atoms. The number of aromatic nitrogens is 4. The van der Waals surface area contributed by atoms with Crippen molar-refractivity contribution in [2.75, 3.05) is 62.3 Å². The lowest BCUT2D eigenvalue weighted by Gasteiger charge is -2.36. The van der Waals surface area contributed by atoms with Gasteiger partial charge in [-0.1, -0.05) is 63.2 Å². The number of fused-ring (bicyclic) bond motifs is 1. The van der Waals surface area contributed by atoms with Crippen molar-refractivity contribution in [1.82, 2.24) is 45.3 Å². The number of sulfone groups is 1. The molecule has 20 heteroatoms. The zero-order valence-corrected chi connectivity index (χ0v) is 40.8. The van der Waals surface area contributed by atoms with Crippen LogP contribution in [-0.4, -0.2) is 137 Å². The summed E-state index contributed by atoms with van der Waals surface area (Å²) in [5, 5.41) is 26.9. The molecule has 5 heterocycles. The van der Waals surface area contributed by atoms with Gasteiger partial charge in [0.15, 0.2) is 15.5 Å². The van der Waals surface area contributed by atoms with E-state index in [0.717, 1.165) is 44.3 Å². The molecule has 18 nitrogen and oxygen atoms in total. The zero-order chi connectivity index (χ0) is 49.0. The molecule has 0 unspecified atom stereocenters. The van der Waals surface area contributed by atoms with Gasteiger partial charge in [0.1, 0.15) is 12.1 Å². The van der Waals surface area contributed by atoms with Crippen LogP contribution in [0.2, 0.25) is 0 Å². The molecule has 2 fully saturated rings. The van der Waals surface area contributed by atoms with Gasteiger partial charge >= 0.3 is 0 Å². The van der Waals surface area contributed by atoms with Crippen molar-refractivity contribution in [2.24, 2.45) is 5.41 Å². The summed E-state index contributed by atoms with van der Waals surface area (Å²) in [6.07, 6.45) is 0.347. The van der Waals surface area contributed by atoms with Crippen LogP contribution in [0.25, 0.3) is 27.3 Å². The first-order valence-corrected chi connectivity index (χ1v) is 25.5. The number of pyridine rings is 1. The fraction of sp³-hybridized carbons (Fsp3) is 0.367. The van der Waals surface area contributed by atoms with Crippen LogP contribution >= 0.6 is 11.3 Å². The molecule has 6 aromatic rings. The molecule has 2 aliphatic heterocycles. The number of piperazine rings is 1. The monoisotopic (exact) mass is 975 g/mol. The topological polar surface area (TPSA) is 224 Å². The van der Waals surface area contributed by atoms with Gasteiger partial charge in [0.05, 0.1) is 45.9 Å². The Hall–Kier alpha value is -6.74. The number of amides is 4. The maximum Gasteiger partial charge on any atom is 0.247 e. The molecule has 69 heavy (non-hydrogen) atoms. The molecule has 3 aromatic heterocycles. The highest BCUT2D eigenvalue weighted by Gasteiger charge is 2.44. The Labute approximate surface area is 405 Å². The number of nitrogens with zero attached hydrogens (tertiary/aromatic N) is 7. The van der Waals surface area contributed by atoms with Crippen molar-refractivity contribution < 1.29 is 32.7 Å². The third kappa shape index (κ3) is 11.8. The van der Waals surface area contributed by atoms with Crippen LogP contribution in [-0.2, 0) is 35.6 Å². The number of benzene rings is 3. The van der Waals surface area contributed by atoms with E-state index in [9.17, 15) is 32.7 Å². The molecular formula is C49H57N11O7S2. The molecule has 5 N–H and O–H groups in total. The van der Waals surface area contributed by atoms with Crippen LogP contribution in [0.15, 0.2) is 101 Å². The smallest absolute Gasteiger partial charge is 0.247 e. The normalized spacial score (nSPS) is 17.1. The van der Waals surface area contributed by atoms with E-state index < -0.39 is 51.2 Å². The Bertz CT molecular complexity index is 2930. The second kappa shape index (κ2) is 20.5. The van der Waals surface area contributed by atoms with Crippen molar-refractivity contribution in [2.45, 2.75) is 63.7 Å². The number of rotatable bonds is 15. The van der Waals surface area contributed by atoms with Gasteiger partial charge < -0.3 is 36.2 Å². The molecular weight excluding hydrogens is 919 g/mol. The Morgan fingerprint density at radius 3 is 2.22 bits per heavy atom. The fourth-order valence-corrected chi connectivity index (χ4v) is 9.97. The van der Waals surface area contributed by atoms with E-state index in [2.05, 4.69) is 41.2 Å². The van der Waals surface area contributed by atoms with E-state index in [4.69, 9.17) is 0 Å². The molecule has 0 saturated carbocycles. The first-order chi connectivity index (χ1) is 32.9. The number of anilines is 3. The Kier molecular flexibility index (Phi) is 14.4. The van der Waals surface area contributed by atoms with E-state index in [-0.39, 0.29) is 43.4 Å². The van der Waals surface area contributed by atoms with Gasteiger partial charge in [0.2, 0.25) is 29.6 Å². The predicted octanol–water partition coefficient (Wildman–Crippen LogP) is 4.02. The van der Waals surface area contributed by atoms with Crippen LogP contribution in [0.3, 0.4) is 0 Å². The van der Waals surface area contributed by atoms with Crippen molar-refractivity contribution in [3.63, 3.8) is 0 Å². The predicted molar refractivity (Wildman–Crippen MR) is 265 cm³/mol. The third-order valence-corrected chi connectivity index (χ3v) is 14.4. The lowest BCUT2D eigenvalue weighted by atomic mass is 9.85. The minimum absolute atomic E-state index is 0.0472. The van der Waals surface area contributed by atoms with Crippen LogP contribution in [0.1, 0.15) is 38.4 Å². The summed E-state index contributed by atoms with van der Waals surface area (Å²) in [5.74, 6) is -1.33. The largest absolute Gasteiger partial charge is 0.391 e. The van der Waals surface area contributed by atoms with E-state index in [1.165, 1.54) is 11.2 Å². The van der Waals surface area contributed by atoms with Crippen LogP contribution < -0.4 is 26.2 Å². The van der Waals surface area contributed by atoms with Crippen molar-refractivity contribution in [3.8, 4) is 21.7 Å². The Morgan fingerprint density at radius 1 is 0.870 bits per heavy atom. The highest BCUT2D eigenvalue weighted by atomic mass is 32.2. The molecule has 0 radical (unpaired) electrons. The highest BCUT2D eigenvalue weighted by Crippen LogP contribution is 2.29. The summed E-state index contributed by atoms with van der Waals surface area (Å²) in [7, 11) is -3.32. The van der Waals surface area contributed by atoms with E-state index in [1.807, 2.05) is 99.3 Å². The van der Waals surface area contributed by atoms with E-state index in [1.54, 1.807) is 45.6 Å². The number of likely N-dealkylation sites (tertiary alicyclic amines) is 1. The number of carbonyl (C=O) groups excluding carboxylic acids is 4. The molecule has 362 valence electrons. The molecule has 4 amide bonds. The maximum absolute atomic E-state index is 14.1. The van der Waals surface area contributed by atoms with Crippen molar-refractivity contribution in [3.05, 3.63) is 108 Å². The van der Waals surface area contributed by atoms with Gasteiger partial charge in [0, 0.05) is 68.9 Å². The number of hydrogen-bond acceptors (Lipinski definition) is 14. The van der Waals surface area contributed by atoms with Gasteiger partial charge in [-0.2, -0.15) is 4.98 Å². The van der Waals surface area contributed by atoms with Gasteiger partial charge in [-0.25, -0.2) is 17.9 Å². The quantitative estimate of drug-likeness (QED) is 0.0983. The number of β-amino-alcohol motifs (C(OH)–C–C–N with tert-alkyl or cyclic N) is 1. The summed E-state index contributed by atoms with van der Waals surface area (Å²) < 4.78 is 25.6. The van der Waals surface area contributed by atoms with E-state index >= 15 is 0 Å². The van der Waals surface area contributed by atoms with Gasteiger partial charge in [-0.3, -0.25) is 24.1 Å². The maximum atomic E-state index is 14.1. The minimum Gasteiger partial charge on any atom is -0.391 e. The Morgan fingerprint density at radius 2 is 1.57 bits per heavy atom. The second-order valence-electron chi connectivity index (χ2n) is 18.6. The molecule has 2 aliphatic rings. The summed E-state index contributed by atoms with van der Waals surface area (Å²) in [4.78, 5) is 69.7. The number of hydrogen-bond donors (Lipinski definition) is 5. The summed E-state index contributed by atoms with van der Waals surface area (Å²) in [5.41, 5.74) is 7.93. The van der Waals surface area contributed by atoms with Gasteiger partial charge in [-0.05, 0) is 72.0 Å². The first-order valence-electron chi connectivity index (χ1n) is 22.7. The van der Waals surface area contributed by atoms with Gasteiger partial charge in [0.25, 0.3) is 0 Å². The van der Waals surface area contributed by atoms with Gasteiger partial charge in [-0.15, -0.1) is 16.4 Å². The molecule has 2 saturated heterocycles. The summed E-state index contributed by atoms with van der Waals surface area (Å²) >= 11 is 1.56. The first kappa shape index (κ1) is 48.7. The fourth-order valence-electron chi connectivity index (χ4n) is 8.53. The molecule has 3 atom stereocenters. The molecule has 0 aliphatic carbocycles. The third-order valence-electron chi connectivity index (χ3n) is 12.3. The van der Waals surface area contributed by atoms with Crippen LogP contribution in [0.4, 0.5) is 17.3 Å². The van der Waals surface area contributed by atoms with Crippen molar-refractivity contribution in [1.29, 1.82) is 0 Å². The lowest BCUT2D eigenvalue weighted by Crippen LogP contribution is -2.59. The number of carbonyl (C=O) groups is 4. The van der Waals surface area contributed by atoms with Crippen molar-refractivity contribution >= 4 is 67.8 Å². The minimum atomic E-state index is -3.32. The number of thiazole rings is 1. The number of aliphatic hydroxyl groups excluding tert-OH is 1. The molecule has 3 aromatic carbocycles. The highest BCUT2D eigenvalue weighted by molar-refractivity contribution is 7.90. The number of aliphatic hydroxyl groups is 1. The zero-order valence-electron chi connectivity index (χ0n) is 39.2. The lowest BCUT2D eigenvalue weighted by molar-refractivity contribution is -0.144. The molecule has 8 rings (SSSR count). The number of aryl methyl sites for hydroxylation is 1. The Balaban J connectivity index is 0.781. The standard InChI is InChI=1S/C49H57N11O7S2/c1-31-44(68-30-52-31)34-11-9-32(10-12-34)26-51-46(64)40-25-37(61)28-59(40)47(65)45(49(2,3)4)55-42(62)27-50-43(63)29-57-21-23-58(24-22-57)36-17-15-35(16-18-36)53-48-54-41-8-6-7-39(60(41)56-48)33-13-19-38(20-14-33)69(5,66)67/h6-20,30,37,40,45,61H,21-29H2,1-5H3,(H,50,63)(H,51,64)(H,53,56)(H,55,62)/t37-,40+,45-/m1/s1. The average Bonchev–Trinajstić information content (AvgIpc) is 4.07. The molecule has 0 spiro atoms. The second-order valence-corrected chi connectivity index (χ2v) is 21.4. The average molecular weight is 976 g/mol.